The highest BCUT2D eigenvalue weighted by atomic mass is 35.5. The molecule has 2 N–H and O–H groups in total. The van der Waals surface area contributed by atoms with Crippen molar-refractivity contribution in [3.8, 4) is 0 Å². The maximum atomic E-state index is 13.3. The molecule has 1 aliphatic heterocycles. The van der Waals surface area contributed by atoms with Gasteiger partial charge in [-0.15, -0.1) is 0 Å². The number of halogens is 4. The molecule has 6 nitrogen and oxygen atoms in total. The molecule has 4 amide bonds. The minimum atomic E-state index is -1.37. The molecule has 1 saturated heterocycles. The van der Waals surface area contributed by atoms with E-state index in [1.807, 2.05) is 0 Å². The van der Waals surface area contributed by atoms with Gasteiger partial charge < -0.3 is 10.6 Å². The topological polar surface area (TPSA) is 78.5 Å². The smallest absolute Gasteiger partial charge is 0.322 e. The maximum Gasteiger partial charge on any atom is 0.325 e. The predicted molar refractivity (Wildman–Crippen MR) is 109 cm³/mol. The number of anilines is 1. The van der Waals surface area contributed by atoms with Crippen molar-refractivity contribution < 1.29 is 18.8 Å². The summed E-state index contributed by atoms with van der Waals surface area (Å²) in [7, 11) is 0. The molecule has 0 bridgehead atoms. The molecule has 1 atom stereocenters. The van der Waals surface area contributed by atoms with E-state index in [0.29, 0.717) is 10.6 Å². The van der Waals surface area contributed by atoms with Gasteiger partial charge >= 0.3 is 6.03 Å². The number of rotatable bonds is 5. The highest BCUT2D eigenvalue weighted by Gasteiger charge is 2.51. The van der Waals surface area contributed by atoms with Crippen LogP contribution in [0.15, 0.2) is 36.4 Å². The van der Waals surface area contributed by atoms with Crippen LogP contribution in [0.25, 0.3) is 0 Å². The minimum absolute atomic E-state index is 0.113. The van der Waals surface area contributed by atoms with Crippen molar-refractivity contribution in [3.63, 3.8) is 0 Å². The lowest BCUT2D eigenvalue weighted by Crippen LogP contribution is -2.44. The minimum Gasteiger partial charge on any atom is -0.322 e. The molecule has 0 spiro atoms. The molecular weight excluding hydrogens is 444 g/mol. The summed E-state index contributed by atoms with van der Waals surface area (Å²) in [6.45, 7) is 1.15. The first-order chi connectivity index (χ1) is 13.7. The summed E-state index contributed by atoms with van der Waals surface area (Å²) in [4.78, 5) is 38.7. The Labute approximate surface area is 180 Å². The molecule has 1 fully saturated rings. The molecule has 0 aliphatic carbocycles. The SMILES string of the molecule is CCC1(c2ccc(F)cc2)NC(=O)N(CC(=O)Nc2c(Cl)cc(Cl)cc2Cl)C1=O. The van der Waals surface area contributed by atoms with Gasteiger partial charge in [-0.05, 0) is 36.2 Å². The molecule has 1 aliphatic rings. The Morgan fingerprint density at radius 2 is 1.72 bits per heavy atom. The van der Waals surface area contributed by atoms with Crippen LogP contribution in [0.3, 0.4) is 0 Å². The van der Waals surface area contributed by atoms with Gasteiger partial charge in [0, 0.05) is 5.02 Å². The second kappa shape index (κ2) is 8.18. The number of carbonyl (C=O) groups excluding carboxylic acids is 3. The third kappa shape index (κ3) is 4.03. The van der Waals surface area contributed by atoms with E-state index in [2.05, 4.69) is 10.6 Å². The number of nitrogens with one attached hydrogen (secondary N) is 2. The summed E-state index contributed by atoms with van der Waals surface area (Å²) in [5, 5.41) is 5.62. The van der Waals surface area contributed by atoms with Crippen molar-refractivity contribution in [2.75, 3.05) is 11.9 Å². The molecule has 2 aromatic rings. The van der Waals surface area contributed by atoms with E-state index in [1.54, 1.807) is 6.92 Å². The van der Waals surface area contributed by atoms with E-state index < -0.39 is 35.7 Å². The number of carbonyl (C=O) groups is 3. The number of imide groups is 1. The second-order valence-corrected chi connectivity index (χ2v) is 7.63. The first kappa shape index (κ1) is 21.4. The number of benzene rings is 2. The van der Waals surface area contributed by atoms with Gasteiger partial charge in [-0.2, -0.15) is 0 Å². The summed E-state index contributed by atoms with van der Waals surface area (Å²) in [5.74, 6) is -1.75. The van der Waals surface area contributed by atoms with Crippen LogP contribution in [0, 0.1) is 5.82 Å². The van der Waals surface area contributed by atoms with Crippen LogP contribution in [0.5, 0.6) is 0 Å². The van der Waals surface area contributed by atoms with Crippen molar-refractivity contribution in [2.45, 2.75) is 18.9 Å². The Morgan fingerprint density at radius 3 is 2.28 bits per heavy atom. The fraction of sp³-hybridized carbons (Fsp3) is 0.211. The van der Waals surface area contributed by atoms with Crippen molar-refractivity contribution in [1.29, 1.82) is 0 Å². The van der Waals surface area contributed by atoms with E-state index in [1.165, 1.54) is 36.4 Å². The molecule has 1 unspecified atom stereocenters. The fourth-order valence-corrected chi connectivity index (χ4v) is 4.04. The van der Waals surface area contributed by atoms with Crippen molar-refractivity contribution in [2.24, 2.45) is 0 Å². The van der Waals surface area contributed by atoms with Crippen LogP contribution >= 0.6 is 34.8 Å². The predicted octanol–water partition coefficient (Wildman–Crippen LogP) is 4.58. The normalized spacial score (nSPS) is 18.7. The Balaban J connectivity index is 1.81. The summed E-state index contributed by atoms with van der Waals surface area (Å²) >= 11 is 17.9. The number of nitrogens with zero attached hydrogens (tertiary/aromatic N) is 1. The van der Waals surface area contributed by atoms with Crippen molar-refractivity contribution in [1.82, 2.24) is 10.2 Å². The van der Waals surface area contributed by atoms with Crippen LogP contribution in [0.4, 0.5) is 14.9 Å². The van der Waals surface area contributed by atoms with Crippen LogP contribution in [-0.2, 0) is 15.1 Å². The lowest BCUT2D eigenvalue weighted by molar-refractivity contribution is -0.134. The average molecular weight is 459 g/mol. The lowest BCUT2D eigenvalue weighted by atomic mass is 9.87. The highest BCUT2D eigenvalue weighted by Crippen LogP contribution is 2.35. The van der Waals surface area contributed by atoms with Gasteiger partial charge in [-0.1, -0.05) is 53.9 Å². The molecule has 10 heteroatoms. The fourth-order valence-electron chi connectivity index (χ4n) is 3.13. The Bertz CT molecular complexity index is 977. The highest BCUT2D eigenvalue weighted by molar-refractivity contribution is 6.42. The van der Waals surface area contributed by atoms with E-state index in [-0.39, 0.29) is 22.2 Å². The Morgan fingerprint density at radius 1 is 1.14 bits per heavy atom. The molecule has 2 aromatic carbocycles. The van der Waals surface area contributed by atoms with Gasteiger partial charge in [0.2, 0.25) is 5.91 Å². The van der Waals surface area contributed by atoms with Gasteiger partial charge in [-0.3, -0.25) is 14.5 Å². The average Bonchev–Trinajstić information content (AvgIpc) is 2.90. The summed E-state index contributed by atoms with van der Waals surface area (Å²) in [5.41, 5.74) is -0.831. The van der Waals surface area contributed by atoms with Crippen LogP contribution in [0.2, 0.25) is 15.1 Å². The van der Waals surface area contributed by atoms with Gasteiger partial charge in [0.1, 0.15) is 17.9 Å². The third-order valence-corrected chi connectivity index (χ3v) is 5.43. The summed E-state index contributed by atoms with van der Waals surface area (Å²) in [6, 6.07) is 7.31. The number of hydrogen-bond donors (Lipinski definition) is 2. The Hall–Kier alpha value is -2.35. The largest absolute Gasteiger partial charge is 0.325 e. The van der Waals surface area contributed by atoms with Crippen molar-refractivity contribution in [3.05, 3.63) is 62.8 Å². The number of hydrogen-bond acceptors (Lipinski definition) is 3. The molecule has 1 heterocycles. The number of urea groups is 1. The molecular formula is C19H15Cl3FN3O3. The zero-order valence-corrected chi connectivity index (χ0v) is 17.3. The monoisotopic (exact) mass is 457 g/mol. The van der Waals surface area contributed by atoms with E-state index in [9.17, 15) is 18.8 Å². The quantitative estimate of drug-likeness (QED) is 0.644. The lowest BCUT2D eigenvalue weighted by Gasteiger charge is -2.25. The standard InChI is InChI=1S/C19H15Cl3FN3O3/c1-2-19(10-3-5-12(23)6-4-10)17(28)26(18(29)25-19)9-15(27)24-16-13(21)7-11(20)8-14(16)22/h3-8H,2,9H2,1H3,(H,24,27)(H,25,29). The second-order valence-electron chi connectivity index (χ2n) is 6.38. The molecule has 152 valence electrons. The molecule has 0 saturated carbocycles. The summed E-state index contributed by atoms with van der Waals surface area (Å²) < 4.78 is 13.3. The molecule has 0 radical (unpaired) electrons. The molecule has 29 heavy (non-hydrogen) atoms. The van der Waals surface area contributed by atoms with Crippen LogP contribution in [0.1, 0.15) is 18.9 Å². The number of amides is 4. The van der Waals surface area contributed by atoms with Gasteiger partial charge in [0.25, 0.3) is 5.91 Å². The van der Waals surface area contributed by atoms with E-state index >= 15 is 0 Å². The van der Waals surface area contributed by atoms with E-state index in [4.69, 9.17) is 34.8 Å². The van der Waals surface area contributed by atoms with Gasteiger partial charge in [-0.25, -0.2) is 9.18 Å². The third-order valence-electron chi connectivity index (χ3n) is 4.62. The van der Waals surface area contributed by atoms with Gasteiger partial charge in [0.15, 0.2) is 0 Å². The Kier molecular flexibility index (Phi) is 6.03. The first-order valence-electron chi connectivity index (χ1n) is 8.52. The van der Waals surface area contributed by atoms with Crippen LogP contribution < -0.4 is 10.6 Å². The zero-order chi connectivity index (χ0) is 21.3. The summed E-state index contributed by atoms with van der Waals surface area (Å²) in [6.07, 6.45) is 0.218. The van der Waals surface area contributed by atoms with Crippen molar-refractivity contribution >= 4 is 58.3 Å². The van der Waals surface area contributed by atoms with Crippen LogP contribution in [-0.4, -0.2) is 29.3 Å². The maximum absolute atomic E-state index is 13.3. The zero-order valence-electron chi connectivity index (χ0n) is 15.1. The van der Waals surface area contributed by atoms with E-state index in [0.717, 1.165) is 4.90 Å². The first-order valence-corrected chi connectivity index (χ1v) is 9.66. The van der Waals surface area contributed by atoms with Gasteiger partial charge in [0.05, 0.1) is 15.7 Å². The molecule has 0 aromatic heterocycles. The molecule has 3 rings (SSSR count).